The number of aryl methyl sites for hydroxylation is 2. The van der Waals surface area contributed by atoms with Gasteiger partial charge in [0.25, 0.3) is 0 Å². The third-order valence-corrected chi connectivity index (χ3v) is 2.80. The summed E-state index contributed by atoms with van der Waals surface area (Å²) in [5, 5.41) is 9.83. The van der Waals surface area contributed by atoms with Crippen molar-refractivity contribution in [1.29, 1.82) is 0 Å². The minimum absolute atomic E-state index is 0.208. The van der Waals surface area contributed by atoms with Crippen molar-refractivity contribution >= 4 is 0 Å². The van der Waals surface area contributed by atoms with Gasteiger partial charge in [-0.05, 0) is 37.5 Å². The van der Waals surface area contributed by atoms with Crippen LogP contribution in [0.3, 0.4) is 0 Å². The van der Waals surface area contributed by atoms with Gasteiger partial charge < -0.3 is 15.6 Å². The molecule has 0 aliphatic carbocycles. The molecule has 84 valence electrons. The standard InChI is InChI=1S/C12H19NO2/c1-7-5-8(2)11(10(14)6-13)12(15-4)9(7)3/h5,10,14H,6,13H2,1-4H3. The topological polar surface area (TPSA) is 55.5 Å². The van der Waals surface area contributed by atoms with E-state index in [9.17, 15) is 5.11 Å². The second kappa shape index (κ2) is 4.64. The Morgan fingerprint density at radius 1 is 1.33 bits per heavy atom. The van der Waals surface area contributed by atoms with Gasteiger partial charge in [-0.3, -0.25) is 0 Å². The Morgan fingerprint density at radius 3 is 2.40 bits per heavy atom. The molecule has 0 spiro atoms. The second-order valence-corrected chi connectivity index (χ2v) is 3.83. The maximum atomic E-state index is 9.83. The van der Waals surface area contributed by atoms with E-state index in [1.165, 1.54) is 0 Å². The molecule has 1 aromatic rings. The zero-order chi connectivity index (χ0) is 11.6. The molecule has 0 amide bonds. The molecule has 0 radical (unpaired) electrons. The van der Waals surface area contributed by atoms with E-state index in [-0.39, 0.29) is 6.54 Å². The SMILES string of the molecule is COc1c(C)c(C)cc(C)c1C(O)CN. The Labute approximate surface area is 90.9 Å². The molecule has 0 aromatic heterocycles. The Morgan fingerprint density at radius 2 is 1.93 bits per heavy atom. The fourth-order valence-electron chi connectivity index (χ4n) is 1.87. The van der Waals surface area contributed by atoms with Crippen molar-refractivity contribution < 1.29 is 9.84 Å². The Balaban J connectivity index is 3.41. The number of ether oxygens (including phenoxy) is 1. The quantitative estimate of drug-likeness (QED) is 0.795. The number of benzene rings is 1. The lowest BCUT2D eigenvalue weighted by Crippen LogP contribution is -2.14. The summed E-state index contributed by atoms with van der Waals surface area (Å²) in [5.41, 5.74) is 9.53. The molecule has 3 nitrogen and oxygen atoms in total. The van der Waals surface area contributed by atoms with E-state index in [0.717, 1.165) is 28.0 Å². The predicted octanol–water partition coefficient (Wildman–Crippen LogP) is 1.61. The molecular formula is C12H19NO2. The van der Waals surface area contributed by atoms with Crippen molar-refractivity contribution in [3.8, 4) is 5.75 Å². The van der Waals surface area contributed by atoms with Crippen molar-refractivity contribution in [3.05, 3.63) is 28.3 Å². The lowest BCUT2D eigenvalue weighted by Gasteiger charge is -2.19. The van der Waals surface area contributed by atoms with Crippen LogP contribution >= 0.6 is 0 Å². The first kappa shape index (κ1) is 12.0. The van der Waals surface area contributed by atoms with Crippen LogP contribution in [0.5, 0.6) is 5.75 Å². The Kier molecular flexibility index (Phi) is 3.72. The van der Waals surface area contributed by atoms with Crippen LogP contribution in [0.25, 0.3) is 0 Å². The first-order valence-corrected chi connectivity index (χ1v) is 5.05. The highest BCUT2D eigenvalue weighted by molar-refractivity contribution is 5.50. The van der Waals surface area contributed by atoms with E-state index >= 15 is 0 Å². The van der Waals surface area contributed by atoms with E-state index < -0.39 is 6.10 Å². The molecule has 0 saturated carbocycles. The molecule has 0 heterocycles. The van der Waals surface area contributed by atoms with Gasteiger partial charge in [0, 0.05) is 12.1 Å². The molecule has 3 heteroatoms. The zero-order valence-corrected chi connectivity index (χ0v) is 9.79. The normalized spacial score (nSPS) is 12.7. The first-order chi connectivity index (χ1) is 7.02. The maximum Gasteiger partial charge on any atom is 0.128 e. The van der Waals surface area contributed by atoms with Gasteiger partial charge in [0.15, 0.2) is 0 Å². The van der Waals surface area contributed by atoms with Crippen LogP contribution in [0.4, 0.5) is 0 Å². The fraction of sp³-hybridized carbons (Fsp3) is 0.500. The van der Waals surface area contributed by atoms with Crippen molar-refractivity contribution in [2.75, 3.05) is 13.7 Å². The van der Waals surface area contributed by atoms with Crippen LogP contribution in [0, 0.1) is 20.8 Å². The van der Waals surface area contributed by atoms with E-state index in [0.29, 0.717) is 0 Å². The molecule has 1 unspecified atom stereocenters. The van der Waals surface area contributed by atoms with Gasteiger partial charge in [0.05, 0.1) is 13.2 Å². The second-order valence-electron chi connectivity index (χ2n) is 3.83. The van der Waals surface area contributed by atoms with Gasteiger partial charge in [-0.25, -0.2) is 0 Å². The summed E-state index contributed by atoms with van der Waals surface area (Å²) >= 11 is 0. The van der Waals surface area contributed by atoms with Crippen LogP contribution in [-0.2, 0) is 0 Å². The summed E-state index contributed by atoms with van der Waals surface area (Å²) in [6, 6.07) is 2.05. The van der Waals surface area contributed by atoms with Gasteiger partial charge in [0.1, 0.15) is 5.75 Å². The van der Waals surface area contributed by atoms with Gasteiger partial charge in [-0.1, -0.05) is 6.07 Å². The minimum Gasteiger partial charge on any atom is -0.496 e. The van der Waals surface area contributed by atoms with Crippen molar-refractivity contribution in [2.24, 2.45) is 5.73 Å². The van der Waals surface area contributed by atoms with Crippen molar-refractivity contribution in [3.63, 3.8) is 0 Å². The summed E-state index contributed by atoms with van der Waals surface area (Å²) in [6.45, 7) is 6.19. The van der Waals surface area contributed by atoms with Crippen LogP contribution in [0.15, 0.2) is 6.07 Å². The number of nitrogens with two attached hydrogens (primary N) is 1. The maximum absolute atomic E-state index is 9.83. The molecule has 0 saturated heterocycles. The number of methoxy groups -OCH3 is 1. The fourth-order valence-corrected chi connectivity index (χ4v) is 1.87. The average molecular weight is 209 g/mol. The highest BCUT2D eigenvalue weighted by atomic mass is 16.5. The summed E-state index contributed by atoms with van der Waals surface area (Å²) in [6.07, 6.45) is -0.653. The van der Waals surface area contributed by atoms with Gasteiger partial charge in [0.2, 0.25) is 0 Å². The third-order valence-electron chi connectivity index (χ3n) is 2.80. The highest BCUT2D eigenvalue weighted by Gasteiger charge is 2.17. The summed E-state index contributed by atoms with van der Waals surface area (Å²) in [4.78, 5) is 0. The molecule has 0 bridgehead atoms. The molecule has 15 heavy (non-hydrogen) atoms. The van der Waals surface area contributed by atoms with E-state index in [1.807, 2.05) is 26.8 Å². The molecule has 0 fully saturated rings. The van der Waals surface area contributed by atoms with Gasteiger partial charge >= 0.3 is 0 Å². The van der Waals surface area contributed by atoms with Crippen LogP contribution in [-0.4, -0.2) is 18.8 Å². The average Bonchev–Trinajstić information content (AvgIpc) is 2.21. The highest BCUT2D eigenvalue weighted by Crippen LogP contribution is 2.33. The summed E-state index contributed by atoms with van der Waals surface area (Å²) in [7, 11) is 1.62. The van der Waals surface area contributed by atoms with E-state index in [2.05, 4.69) is 0 Å². The molecule has 0 aliphatic rings. The zero-order valence-electron chi connectivity index (χ0n) is 9.79. The number of rotatable bonds is 3. The van der Waals surface area contributed by atoms with Crippen LogP contribution < -0.4 is 10.5 Å². The molecule has 1 atom stereocenters. The molecule has 1 rings (SSSR count). The monoisotopic (exact) mass is 209 g/mol. The Hall–Kier alpha value is -1.06. The van der Waals surface area contributed by atoms with Gasteiger partial charge in [-0.2, -0.15) is 0 Å². The predicted molar refractivity (Wildman–Crippen MR) is 61.2 cm³/mol. The molecule has 3 N–H and O–H groups in total. The summed E-state index contributed by atoms with van der Waals surface area (Å²) in [5.74, 6) is 0.755. The number of aliphatic hydroxyl groups is 1. The number of aliphatic hydroxyl groups excluding tert-OH is 1. The van der Waals surface area contributed by atoms with Crippen LogP contribution in [0.1, 0.15) is 28.4 Å². The molecule has 0 aliphatic heterocycles. The lowest BCUT2D eigenvalue weighted by atomic mass is 9.95. The third kappa shape index (κ3) is 2.13. The largest absolute Gasteiger partial charge is 0.496 e. The van der Waals surface area contributed by atoms with Gasteiger partial charge in [-0.15, -0.1) is 0 Å². The first-order valence-electron chi connectivity index (χ1n) is 5.05. The summed E-state index contributed by atoms with van der Waals surface area (Å²) < 4.78 is 5.35. The van der Waals surface area contributed by atoms with E-state index in [4.69, 9.17) is 10.5 Å². The smallest absolute Gasteiger partial charge is 0.128 e. The van der Waals surface area contributed by atoms with Crippen LogP contribution in [0.2, 0.25) is 0 Å². The van der Waals surface area contributed by atoms with Crippen molar-refractivity contribution in [2.45, 2.75) is 26.9 Å². The van der Waals surface area contributed by atoms with E-state index in [1.54, 1.807) is 7.11 Å². The molecule has 1 aromatic carbocycles. The minimum atomic E-state index is -0.653. The van der Waals surface area contributed by atoms with Crippen molar-refractivity contribution in [1.82, 2.24) is 0 Å². The number of hydrogen-bond acceptors (Lipinski definition) is 3. The number of hydrogen-bond donors (Lipinski definition) is 2. The Bertz CT molecular complexity index is 361. The lowest BCUT2D eigenvalue weighted by molar-refractivity contribution is 0.181. The molecular weight excluding hydrogens is 190 g/mol.